The van der Waals surface area contributed by atoms with Crippen molar-refractivity contribution in [1.29, 1.82) is 0 Å². The molecule has 0 atom stereocenters. The van der Waals surface area contributed by atoms with E-state index in [2.05, 4.69) is 9.98 Å². The van der Waals surface area contributed by atoms with Crippen LogP contribution in [-0.2, 0) is 73.9 Å². The van der Waals surface area contributed by atoms with Crippen molar-refractivity contribution < 1.29 is 115 Å². The molecule has 0 unspecified atom stereocenters. The Kier molecular flexibility index (Phi) is 38.8. The minimum absolute atomic E-state index is 0. The van der Waals surface area contributed by atoms with Crippen LogP contribution < -0.4 is 31.4 Å². The van der Waals surface area contributed by atoms with Crippen LogP contribution >= 0.6 is 0 Å². The number of benzene rings is 4. The Morgan fingerprint density at radius 3 is 1.07 bits per heavy atom. The van der Waals surface area contributed by atoms with E-state index in [1.165, 1.54) is 26.6 Å². The SMILES string of the molecule is COCCOCCOCCOCCOCCOCCOc1ccccc1-c1cc(C=Nc2cccnc2/N=C/c2cc(-c3ccccc3OCCOCCOCCOCCOCCOCCOC)cc(OC)c2O)c(O)c(OC)c1.[Cl-].[Mn+2]. The molecule has 0 aliphatic rings. The van der Waals surface area contributed by atoms with Crippen molar-refractivity contribution >= 4 is 23.9 Å². The molecule has 1 radical (unpaired) electrons. The van der Waals surface area contributed by atoms with Gasteiger partial charge in [-0.3, -0.25) is 4.99 Å². The molecule has 21 nitrogen and oxygen atoms in total. The van der Waals surface area contributed by atoms with Gasteiger partial charge < -0.3 is 98.4 Å². The Bertz CT molecular complexity index is 2360. The van der Waals surface area contributed by atoms with Crippen LogP contribution in [0.4, 0.5) is 11.5 Å². The summed E-state index contributed by atoms with van der Waals surface area (Å²) in [5.41, 5.74) is 4.09. The molecule has 1 aromatic heterocycles. The quantitative estimate of drug-likeness (QED) is 0.0309. The summed E-state index contributed by atoms with van der Waals surface area (Å²) in [4.78, 5) is 13.8. The predicted octanol–water partition coefficient (Wildman–Crippen LogP) is 4.56. The number of para-hydroxylation sites is 2. The summed E-state index contributed by atoms with van der Waals surface area (Å²) in [5, 5.41) is 22.5. The minimum Gasteiger partial charge on any atom is -1.00 e. The molecule has 4 aromatic carbocycles. The summed E-state index contributed by atoms with van der Waals surface area (Å²) in [6.45, 7) is 10.9. The van der Waals surface area contributed by atoms with Crippen LogP contribution in [0.2, 0.25) is 0 Å². The van der Waals surface area contributed by atoms with E-state index in [4.69, 9.17) is 80.8 Å². The smallest absolute Gasteiger partial charge is 1.00 e. The van der Waals surface area contributed by atoms with Crippen molar-refractivity contribution in [3.63, 3.8) is 0 Å². The molecule has 0 aliphatic heterocycles. The van der Waals surface area contributed by atoms with Gasteiger partial charge in [0.1, 0.15) is 30.4 Å². The first-order valence-electron chi connectivity index (χ1n) is 26.5. The Hall–Kier alpha value is -5.50. The van der Waals surface area contributed by atoms with Gasteiger partial charge in [0.15, 0.2) is 28.8 Å². The normalized spacial score (nSPS) is 11.3. The zero-order chi connectivity index (χ0) is 56.5. The Labute approximate surface area is 498 Å². The number of aromatic hydroxyl groups is 2. The van der Waals surface area contributed by atoms with E-state index in [1.54, 1.807) is 56.8 Å². The molecule has 23 heteroatoms. The second-order valence-electron chi connectivity index (χ2n) is 16.9. The molecule has 0 fully saturated rings. The van der Waals surface area contributed by atoms with E-state index < -0.39 is 0 Å². The number of ether oxygens (including phenoxy) is 16. The number of aliphatic imine (C=N–C) groups is 2. The number of methoxy groups -OCH3 is 4. The van der Waals surface area contributed by atoms with Gasteiger partial charge in [-0.05, 0) is 59.7 Å². The summed E-state index contributed by atoms with van der Waals surface area (Å²) < 4.78 is 88.8. The molecule has 0 spiro atoms. The van der Waals surface area contributed by atoms with Gasteiger partial charge in [-0.25, -0.2) is 9.98 Å². The van der Waals surface area contributed by atoms with Crippen molar-refractivity contribution in [2.45, 2.75) is 0 Å². The maximum Gasteiger partial charge on any atom is 2.00 e. The molecule has 0 bridgehead atoms. The van der Waals surface area contributed by atoms with Crippen LogP contribution in [0, 0.1) is 0 Å². The maximum absolute atomic E-state index is 11.3. The average molecular weight is 1210 g/mol. The van der Waals surface area contributed by atoms with Gasteiger partial charge in [0.25, 0.3) is 0 Å². The largest absolute Gasteiger partial charge is 2.00 e. The molecule has 0 saturated heterocycles. The van der Waals surface area contributed by atoms with Gasteiger partial charge in [0.05, 0.1) is 160 Å². The molecular weight excluding hydrogens is 1130 g/mol. The van der Waals surface area contributed by atoms with E-state index in [0.717, 1.165) is 16.7 Å². The summed E-state index contributed by atoms with van der Waals surface area (Å²) in [6, 6.07) is 25.6. The van der Waals surface area contributed by atoms with Gasteiger partial charge in [-0.1, -0.05) is 36.4 Å². The third kappa shape index (κ3) is 27.3. The topological polar surface area (TPSA) is 226 Å². The number of rotatable bonds is 46. The first-order valence-corrected chi connectivity index (χ1v) is 26.5. The van der Waals surface area contributed by atoms with E-state index >= 15 is 0 Å². The van der Waals surface area contributed by atoms with Gasteiger partial charge in [0, 0.05) is 55.1 Å². The number of phenols is 2. The fourth-order valence-electron chi connectivity index (χ4n) is 7.27. The molecule has 82 heavy (non-hydrogen) atoms. The van der Waals surface area contributed by atoms with Crippen molar-refractivity contribution in [3.8, 4) is 56.8 Å². The second kappa shape index (κ2) is 45.0. The molecular formula is C59H79ClMnN3O18+. The number of hydrogen-bond acceptors (Lipinski definition) is 21. The summed E-state index contributed by atoms with van der Waals surface area (Å²) >= 11 is 0. The van der Waals surface area contributed by atoms with Gasteiger partial charge in [-0.2, -0.15) is 0 Å². The zero-order valence-electron chi connectivity index (χ0n) is 47.3. The first kappa shape index (κ1) is 70.8. The minimum atomic E-state index is -0.116. The summed E-state index contributed by atoms with van der Waals surface area (Å²) in [6.07, 6.45) is 4.59. The molecule has 0 saturated carbocycles. The van der Waals surface area contributed by atoms with Crippen molar-refractivity contribution in [2.75, 3.05) is 187 Å². The number of nitrogens with zero attached hydrogens (tertiary/aromatic N) is 3. The Balaban J connectivity index is 0.00000882. The van der Waals surface area contributed by atoms with Crippen molar-refractivity contribution in [2.24, 2.45) is 9.98 Å². The number of phenolic OH excluding ortho intramolecular Hbond substituents is 2. The summed E-state index contributed by atoms with van der Waals surface area (Å²) in [5.74, 6) is 1.73. The molecule has 0 amide bonds. The Morgan fingerprint density at radius 2 is 0.720 bits per heavy atom. The van der Waals surface area contributed by atoms with E-state index in [1.807, 2.05) is 48.5 Å². The van der Waals surface area contributed by atoms with E-state index in [-0.39, 0.29) is 58.3 Å². The summed E-state index contributed by atoms with van der Waals surface area (Å²) in [7, 11) is 6.23. The molecule has 451 valence electrons. The van der Waals surface area contributed by atoms with Crippen LogP contribution in [-0.4, -0.2) is 215 Å². The second-order valence-corrected chi connectivity index (χ2v) is 16.9. The monoisotopic (exact) mass is 1210 g/mol. The molecule has 5 rings (SSSR count). The van der Waals surface area contributed by atoms with Crippen molar-refractivity contribution in [3.05, 3.63) is 102 Å². The molecule has 2 N–H and O–H groups in total. The molecule has 0 aliphatic carbocycles. The standard InChI is InChI=1S/C59H79N3O18.ClH.Mn/c1-65-16-18-69-20-22-71-24-26-73-28-30-75-32-34-77-36-38-79-53-13-7-5-10-50(53)46-40-48(57(63)55(42-46)67-3)44-61-52-12-9-15-60-59(52)62-45-49-41-47(43-56(68-4)58(49)64)51-11-6-8-14-54(51)80-39-37-78-35-33-76-31-29-74-27-25-72-23-21-70-19-17-66-2;;/h5-15,40-45,63-64H,16-39H2,1-4H3;1H;/q;;+2/p-1/b61-44?,62-45+;;. The number of hydrogen-bond donors (Lipinski definition) is 2. The number of aromatic nitrogens is 1. The number of halogens is 1. The third-order valence-electron chi connectivity index (χ3n) is 11.3. The van der Waals surface area contributed by atoms with E-state index in [9.17, 15) is 10.2 Å². The van der Waals surface area contributed by atoms with Crippen LogP contribution in [0.5, 0.6) is 34.5 Å². The van der Waals surface area contributed by atoms with Crippen LogP contribution in [0.15, 0.2) is 101 Å². The van der Waals surface area contributed by atoms with Gasteiger partial charge >= 0.3 is 17.1 Å². The zero-order valence-corrected chi connectivity index (χ0v) is 49.2. The van der Waals surface area contributed by atoms with Crippen LogP contribution in [0.1, 0.15) is 11.1 Å². The van der Waals surface area contributed by atoms with Crippen molar-refractivity contribution in [1.82, 2.24) is 4.98 Å². The molecule has 1 heterocycles. The van der Waals surface area contributed by atoms with Gasteiger partial charge in [0.2, 0.25) is 0 Å². The predicted molar refractivity (Wildman–Crippen MR) is 302 cm³/mol. The maximum atomic E-state index is 11.3. The third-order valence-corrected chi connectivity index (χ3v) is 11.3. The van der Waals surface area contributed by atoms with E-state index in [0.29, 0.717) is 192 Å². The average Bonchev–Trinajstić information content (AvgIpc) is 3.52. The Morgan fingerprint density at radius 1 is 0.390 bits per heavy atom. The van der Waals surface area contributed by atoms with Gasteiger partial charge in [-0.15, -0.1) is 0 Å². The molecule has 5 aromatic rings. The first-order chi connectivity index (χ1) is 39.5. The fourth-order valence-corrected chi connectivity index (χ4v) is 7.27. The van der Waals surface area contributed by atoms with Crippen LogP contribution in [0.3, 0.4) is 0 Å². The fraction of sp³-hybridized carbons (Fsp3) is 0.475. The van der Waals surface area contributed by atoms with Crippen LogP contribution in [0.25, 0.3) is 22.3 Å². The number of pyridine rings is 1.